The predicted octanol–water partition coefficient (Wildman–Crippen LogP) is 2.69. The Morgan fingerprint density at radius 2 is 2.20 bits per heavy atom. The highest BCUT2D eigenvalue weighted by Crippen LogP contribution is 2.30. The van der Waals surface area contributed by atoms with Gasteiger partial charge in [-0.25, -0.2) is 9.78 Å². The van der Waals surface area contributed by atoms with Gasteiger partial charge in [0.1, 0.15) is 0 Å². The SMILES string of the molecule is O=C(O)c1ccc2cc3n(c2c1)C=CCn1ccnc1-3. The number of hydrogen-bond acceptors (Lipinski definition) is 2. The van der Waals surface area contributed by atoms with Crippen molar-refractivity contribution in [3.63, 3.8) is 0 Å². The number of hydrogen-bond donors (Lipinski definition) is 1. The molecule has 0 unspecified atom stereocenters. The van der Waals surface area contributed by atoms with Gasteiger partial charge in [0.05, 0.1) is 16.8 Å². The van der Waals surface area contributed by atoms with Crippen LogP contribution in [-0.2, 0) is 6.54 Å². The Morgan fingerprint density at radius 3 is 3.05 bits per heavy atom. The van der Waals surface area contributed by atoms with Crippen molar-refractivity contribution in [1.82, 2.24) is 14.1 Å². The summed E-state index contributed by atoms with van der Waals surface area (Å²) in [5.41, 5.74) is 2.15. The van der Waals surface area contributed by atoms with Gasteiger partial charge in [-0.1, -0.05) is 6.07 Å². The minimum atomic E-state index is -0.915. The highest BCUT2D eigenvalue weighted by molar-refractivity contribution is 5.96. The molecule has 0 bridgehead atoms. The fourth-order valence-corrected chi connectivity index (χ4v) is 2.64. The number of rotatable bonds is 1. The van der Waals surface area contributed by atoms with Crippen molar-refractivity contribution >= 4 is 23.1 Å². The van der Waals surface area contributed by atoms with E-state index < -0.39 is 5.97 Å². The van der Waals surface area contributed by atoms with E-state index >= 15 is 0 Å². The molecule has 0 aliphatic carbocycles. The Labute approximate surface area is 114 Å². The maximum Gasteiger partial charge on any atom is 0.335 e. The van der Waals surface area contributed by atoms with Crippen molar-refractivity contribution < 1.29 is 9.90 Å². The van der Waals surface area contributed by atoms with E-state index in [4.69, 9.17) is 5.11 Å². The second kappa shape index (κ2) is 3.84. The molecule has 4 rings (SSSR count). The third-order valence-corrected chi connectivity index (χ3v) is 3.59. The molecule has 98 valence electrons. The molecular weight excluding hydrogens is 254 g/mol. The van der Waals surface area contributed by atoms with Crippen molar-refractivity contribution in [3.05, 3.63) is 48.3 Å². The molecule has 0 radical (unpaired) electrons. The molecule has 0 atom stereocenters. The van der Waals surface area contributed by atoms with Crippen LogP contribution in [0.2, 0.25) is 0 Å². The lowest BCUT2D eigenvalue weighted by atomic mass is 10.1. The summed E-state index contributed by atoms with van der Waals surface area (Å²) in [5.74, 6) is -0.0235. The molecule has 3 heterocycles. The topological polar surface area (TPSA) is 60.0 Å². The minimum Gasteiger partial charge on any atom is -0.478 e. The number of carbonyl (C=O) groups is 1. The van der Waals surface area contributed by atoms with Gasteiger partial charge < -0.3 is 14.2 Å². The molecule has 5 heteroatoms. The Kier molecular flexibility index (Phi) is 2.12. The van der Waals surface area contributed by atoms with Crippen molar-refractivity contribution in [1.29, 1.82) is 0 Å². The third kappa shape index (κ3) is 1.43. The van der Waals surface area contributed by atoms with Crippen LogP contribution in [0.25, 0.3) is 28.6 Å². The van der Waals surface area contributed by atoms with Crippen molar-refractivity contribution in [2.75, 3.05) is 0 Å². The molecule has 1 aromatic carbocycles. The van der Waals surface area contributed by atoms with E-state index in [1.807, 2.05) is 35.2 Å². The molecule has 0 spiro atoms. The zero-order valence-corrected chi connectivity index (χ0v) is 10.5. The fraction of sp³-hybridized carbons (Fsp3) is 0.0667. The van der Waals surface area contributed by atoms with Gasteiger partial charge in [0.25, 0.3) is 0 Å². The summed E-state index contributed by atoms with van der Waals surface area (Å²) in [7, 11) is 0. The minimum absolute atomic E-state index is 0.291. The van der Waals surface area contributed by atoms with E-state index in [0.717, 1.165) is 29.0 Å². The molecule has 0 amide bonds. The first-order chi connectivity index (χ1) is 9.74. The molecule has 0 fully saturated rings. The van der Waals surface area contributed by atoms with E-state index in [1.54, 1.807) is 18.3 Å². The van der Waals surface area contributed by atoms with E-state index in [1.165, 1.54) is 0 Å². The van der Waals surface area contributed by atoms with Crippen molar-refractivity contribution in [3.8, 4) is 11.5 Å². The van der Waals surface area contributed by atoms with Crippen LogP contribution in [0.1, 0.15) is 10.4 Å². The van der Waals surface area contributed by atoms with Gasteiger partial charge in [0.2, 0.25) is 0 Å². The number of fused-ring (bicyclic) bond motifs is 5. The number of carboxylic acids is 1. The molecule has 0 saturated heterocycles. The van der Waals surface area contributed by atoms with Crippen LogP contribution in [0.4, 0.5) is 0 Å². The molecule has 0 saturated carbocycles. The summed E-state index contributed by atoms with van der Waals surface area (Å²) in [6.45, 7) is 0.761. The largest absolute Gasteiger partial charge is 0.478 e. The van der Waals surface area contributed by atoms with Crippen LogP contribution in [0.5, 0.6) is 0 Å². The van der Waals surface area contributed by atoms with E-state index in [0.29, 0.717) is 5.56 Å². The molecule has 5 nitrogen and oxygen atoms in total. The number of nitrogens with zero attached hydrogens (tertiary/aromatic N) is 3. The van der Waals surface area contributed by atoms with Crippen LogP contribution in [-0.4, -0.2) is 25.2 Å². The summed E-state index contributed by atoms with van der Waals surface area (Å²) in [6, 6.07) is 7.20. The average molecular weight is 265 g/mol. The number of carboxylic acid groups (broad SMARTS) is 1. The molecule has 2 aromatic heterocycles. The Balaban J connectivity index is 2.06. The average Bonchev–Trinajstić information content (AvgIpc) is 2.99. The lowest BCUT2D eigenvalue weighted by Crippen LogP contribution is -1.97. The molecular formula is C15H11N3O2. The quantitative estimate of drug-likeness (QED) is 0.736. The van der Waals surface area contributed by atoms with Gasteiger partial charge in [-0.2, -0.15) is 0 Å². The lowest BCUT2D eigenvalue weighted by molar-refractivity contribution is 0.0697. The first-order valence-corrected chi connectivity index (χ1v) is 6.30. The first kappa shape index (κ1) is 11.0. The van der Waals surface area contributed by atoms with Crippen LogP contribution in [0, 0.1) is 0 Å². The smallest absolute Gasteiger partial charge is 0.335 e. The summed E-state index contributed by atoms with van der Waals surface area (Å²) in [6.07, 6.45) is 7.72. The Morgan fingerprint density at radius 1 is 1.30 bits per heavy atom. The molecule has 1 aliphatic rings. The van der Waals surface area contributed by atoms with Gasteiger partial charge in [0.15, 0.2) is 5.82 Å². The second-order valence-corrected chi connectivity index (χ2v) is 4.77. The van der Waals surface area contributed by atoms with Gasteiger partial charge in [-0.3, -0.25) is 0 Å². The monoisotopic (exact) mass is 265 g/mol. The maximum atomic E-state index is 11.1. The summed E-state index contributed by atoms with van der Waals surface area (Å²) in [5, 5.41) is 10.1. The Bertz CT molecular complexity index is 871. The zero-order chi connectivity index (χ0) is 13.7. The number of imidazole rings is 1. The maximum absolute atomic E-state index is 11.1. The standard InChI is InChI=1S/C15H11N3O2/c19-15(20)11-3-2-10-8-13-14-16-4-7-17(14)5-1-6-18(13)12(10)9-11/h1-4,6-9H,5H2,(H,19,20). The Hall–Kier alpha value is -2.82. The van der Waals surface area contributed by atoms with Crippen molar-refractivity contribution in [2.45, 2.75) is 6.54 Å². The number of allylic oxidation sites excluding steroid dienone is 1. The number of aromatic carboxylic acids is 1. The van der Waals surface area contributed by atoms with Gasteiger partial charge in [-0.15, -0.1) is 0 Å². The third-order valence-electron chi connectivity index (χ3n) is 3.59. The highest BCUT2D eigenvalue weighted by atomic mass is 16.4. The van der Waals surface area contributed by atoms with Gasteiger partial charge in [0, 0.05) is 30.5 Å². The molecule has 1 aliphatic heterocycles. The number of aromatic nitrogens is 3. The molecule has 1 N–H and O–H groups in total. The molecule has 3 aromatic rings. The summed E-state index contributed by atoms with van der Waals surface area (Å²) < 4.78 is 4.06. The zero-order valence-electron chi connectivity index (χ0n) is 10.5. The normalized spacial score (nSPS) is 13.0. The fourth-order valence-electron chi connectivity index (χ4n) is 2.64. The predicted molar refractivity (Wildman–Crippen MR) is 75.4 cm³/mol. The van der Waals surface area contributed by atoms with Crippen LogP contribution < -0.4 is 0 Å². The van der Waals surface area contributed by atoms with E-state index in [2.05, 4.69) is 9.55 Å². The number of benzene rings is 1. The molecule has 20 heavy (non-hydrogen) atoms. The highest BCUT2D eigenvalue weighted by Gasteiger charge is 2.16. The lowest BCUT2D eigenvalue weighted by Gasteiger charge is -2.03. The van der Waals surface area contributed by atoms with Crippen LogP contribution in [0.15, 0.2) is 42.7 Å². The van der Waals surface area contributed by atoms with E-state index in [9.17, 15) is 4.79 Å². The second-order valence-electron chi connectivity index (χ2n) is 4.77. The van der Waals surface area contributed by atoms with Gasteiger partial charge >= 0.3 is 5.97 Å². The van der Waals surface area contributed by atoms with Gasteiger partial charge in [-0.05, 0) is 24.3 Å². The summed E-state index contributed by atoms with van der Waals surface area (Å²) >= 11 is 0. The van der Waals surface area contributed by atoms with Crippen molar-refractivity contribution in [2.24, 2.45) is 0 Å². The van der Waals surface area contributed by atoms with Crippen LogP contribution >= 0.6 is 0 Å². The first-order valence-electron chi connectivity index (χ1n) is 6.30. The van der Waals surface area contributed by atoms with Crippen LogP contribution in [0.3, 0.4) is 0 Å². The summed E-state index contributed by atoms with van der Waals surface area (Å²) in [4.78, 5) is 15.5. The van der Waals surface area contributed by atoms with E-state index in [-0.39, 0.29) is 0 Å².